The van der Waals surface area contributed by atoms with E-state index in [0.29, 0.717) is 11.1 Å². The van der Waals surface area contributed by atoms with Crippen molar-refractivity contribution >= 4 is 29.9 Å². The summed E-state index contributed by atoms with van der Waals surface area (Å²) < 4.78 is 27.2. The second kappa shape index (κ2) is 14.6. The predicted octanol–water partition coefficient (Wildman–Crippen LogP) is 0.880. The van der Waals surface area contributed by atoms with Crippen LogP contribution in [0, 0.1) is 0 Å². The Balaban J connectivity index is 1.98. The molecule has 0 spiro atoms. The number of ether oxygens (including phenoxy) is 5. The van der Waals surface area contributed by atoms with Gasteiger partial charge in [-0.25, -0.2) is 4.79 Å². The van der Waals surface area contributed by atoms with E-state index < -0.39 is 78.9 Å². The molecule has 232 valence electrons. The molecule has 1 aliphatic rings. The van der Waals surface area contributed by atoms with Crippen molar-refractivity contribution in [2.75, 3.05) is 6.61 Å². The Hall–Kier alpha value is -4.53. The summed E-state index contributed by atoms with van der Waals surface area (Å²) in [6.07, 6.45) is -7.10. The lowest BCUT2D eigenvalue weighted by atomic mass is 9.88. The van der Waals surface area contributed by atoms with Crippen molar-refractivity contribution < 1.29 is 47.7 Å². The molecule has 0 bridgehead atoms. The van der Waals surface area contributed by atoms with Crippen molar-refractivity contribution in [3.8, 4) is 0 Å². The van der Waals surface area contributed by atoms with E-state index in [9.17, 15) is 24.0 Å². The SMILES string of the molecule is CC(=O)OC[C@H]1O[C@@H](NC(=O)N[C@](N)(c2ccccc2)[C@H](N)c2ccccc2)[C@H](OC(C)=O)[C@@H](OC(C)=O)[C@@H]1OC(C)=O. The first-order valence-corrected chi connectivity index (χ1v) is 13.4. The molecule has 7 atom stereocenters. The molecule has 2 aromatic rings. The van der Waals surface area contributed by atoms with Crippen molar-refractivity contribution in [3.05, 3.63) is 71.8 Å². The number of rotatable bonds is 10. The van der Waals surface area contributed by atoms with E-state index in [0.717, 1.165) is 27.7 Å². The molecule has 2 aromatic carbocycles. The zero-order valence-corrected chi connectivity index (χ0v) is 24.2. The number of amides is 2. The largest absolute Gasteiger partial charge is 0.463 e. The van der Waals surface area contributed by atoms with Crippen molar-refractivity contribution in [2.24, 2.45) is 11.5 Å². The highest BCUT2D eigenvalue weighted by Gasteiger charge is 2.53. The standard InChI is InChI=1S/C29H36N4O10/c1-16(34)39-15-22-23(40-17(2)35)24(41-18(3)36)25(42-19(4)37)27(43-22)32-28(38)33-29(31,21-13-9-6-10-14-21)26(30)20-11-7-5-8-12-20/h5-14,22-27H,15,30-31H2,1-4H3,(H2,32,33,38)/t22-,23-,24+,25-,26-,27-,29-/m1/s1. The molecular formula is C29H36N4O10. The smallest absolute Gasteiger partial charge is 0.318 e. The lowest BCUT2D eigenvalue weighted by molar-refractivity contribution is -0.255. The highest BCUT2D eigenvalue weighted by Crippen LogP contribution is 2.31. The third-order valence-electron chi connectivity index (χ3n) is 6.49. The number of hydrogen-bond donors (Lipinski definition) is 4. The zero-order chi connectivity index (χ0) is 31.7. The fourth-order valence-corrected chi connectivity index (χ4v) is 4.66. The van der Waals surface area contributed by atoms with Crippen LogP contribution in [0.5, 0.6) is 0 Å². The number of urea groups is 1. The highest BCUT2D eigenvalue weighted by atomic mass is 16.7. The first-order valence-electron chi connectivity index (χ1n) is 13.4. The monoisotopic (exact) mass is 600 g/mol. The van der Waals surface area contributed by atoms with E-state index in [1.165, 1.54) is 0 Å². The Morgan fingerprint density at radius 2 is 1.30 bits per heavy atom. The zero-order valence-electron chi connectivity index (χ0n) is 24.2. The third-order valence-corrected chi connectivity index (χ3v) is 6.49. The maximum atomic E-state index is 13.6. The molecule has 2 amide bonds. The molecule has 0 aromatic heterocycles. The number of nitrogens with two attached hydrogens (primary N) is 2. The number of carbonyl (C=O) groups is 5. The second-order valence-corrected chi connectivity index (χ2v) is 9.84. The molecule has 0 aliphatic carbocycles. The van der Waals surface area contributed by atoms with Crippen LogP contribution < -0.4 is 22.1 Å². The summed E-state index contributed by atoms with van der Waals surface area (Å²) in [4.78, 5) is 61.3. The molecule has 1 saturated heterocycles. The average molecular weight is 601 g/mol. The summed E-state index contributed by atoms with van der Waals surface area (Å²) in [7, 11) is 0. The van der Waals surface area contributed by atoms with Crippen LogP contribution in [-0.4, -0.2) is 67.2 Å². The molecule has 6 N–H and O–H groups in total. The van der Waals surface area contributed by atoms with Gasteiger partial charge in [0.1, 0.15) is 18.4 Å². The lowest BCUT2D eigenvalue weighted by Crippen LogP contribution is -2.68. The number of nitrogens with one attached hydrogen (secondary N) is 2. The molecule has 1 fully saturated rings. The topological polar surface area (TPSA) is 208 Å². The molecule has 1 heterocycles. The number of carbonyl (C=O) groups excluding carboxylic acids is 5. The second-order valence-electron chi connectivity index (χ2n) is 9.84. The summed E-state index contributed by atoms with van der Waals surface area (Å²) in [6, 6.07) is 15.7. The van der Waals surface area contributed by atoms with Crippen molar-refractivity contribution in [2.45, 2.75) is 70.0 Å². The maximum absolute atomic E-state index is 13.6. The van der Waals surface area contributed by atoms with E-state index in [2.05, 4.69) is 10.6 Å². The van der Waals surface area contributed by atoms with Gasteiger partial charge >= 0.3 is 29.9 Å². The van der Waals surface area contributed by atoms with Gasteiger partial charge in [-0.05, 0) is 11.1 Å². The summed E-state index contributed by atoms with van der Waals surface area (Å²) >= 11 is 0. The molecule has 0 saturated carbocycles. The molecule has 0 unspecified atom stereocenters. The fraction of sp³-hybridized carbons (Fsp3) is 0.414. The van der Waals surface area contributed by atoms with Crippen LogP contribution in [0.15, 0.2) is 60.7 Å². The predicted molar refractivity (Wildman–Crippen MR) is 149 cm³/mol. The molecule has 1 aliphatic heterocycles. The summed E-state index contributed by atoms with van der Waals surface area (Å²) in [5.74, 6) is -3.09. The Morgan fingerprint density at radius 1 is 0.791 bits per heavy atom. The van der Waals surface area contributed by atoms with Gasteiger partial charge in [0.15, 0.2) is 24.5 Å². The lowest BCUT2D eigenvalue weighted by Gasteiger charge is -2.45. The van der Waals surface area contributed by atoms with Crippen LogP contribution in [0.3, 0.4) is 0 Å². The van der Waals surface area contributed by atoms with E-state index in [-0.39, 0.29) is 0 Å². The van der Waals surface area contributed by atoms with Gasteiger partial charge in [-0.15, -0.1) is 0 Å². The first-order chi connectivity index (χ1) is 20.3. The van der Waals surface area contributed by atoms with Gasteiger partial charge in [-0.1, -0.05) is 60.7 Å². The highest BCUT2D eigenvalue weighted by molar-refractivity contribution is 5.76. The summed E-state index contributed by atoms with van der Waals surface area (Å²) in [5.41, 5.74) is 12.8. The Labute approximate surface area is 248 Å². The molecule has 43 heavy (non-hydrogen) atoms. The maximum Gasteiger partial charge on any atom is 0.318 e. The van der Waals surface area contributed by atoms with Crippen molar-refractivity contribution in [3.63, 3.8) is 0 Å². The van der Waals surface area contributed by atoms with Gasteiger partial charge in [0.05, 0.1) is 6.04 Å². The van der Waals surface area contributed by atoms with Crippen LogP contribution in [0.1, 0.15) is 44.9 Å². The van der Waals surface area contributed by atoms with Gasteiger partial charge in [-0.2, -0.15) is 0 Å². The van der Waals surface area contributed by atoms with E-state index in [1.807, 2.05) is 6.07 Å². The molecule has 14 heteroatoms. The normalized spacial score (nSPS) is 23.4. The molecule has 14 nitrogen and oxygen atoms in total. The quantitative estimate of drug-likeness (QED) is 0.170. The summed E-state index contributed by atoms with van der Waals surface area (Å²) in [5, 5.41) is 5.24. The Morgan fingerprint density at radius 3 is 1.84 bits per heavy atom. The van der Waals surface area contributed by atoms with Crippen LogP contribution >= 0.6 is 0 Å². The third kappa shape index (κ3) is 8.73. The number of esters is 4. The number of hydrogen-bond acceptors (Lipinski definition) is 12. The minimum Gasteiger partial charge on any atom is -0.463 e. The van der Waals surface area contributed by atoms with Crippen LogP contribution in [-0.2, 0) is 48.5 Å². The Bertz CT molecular complexity index is 1290. The van der Waals surface area contributed by atoms with E-state index >= 15 is 0 Å². The minimum absolute atomic E-state index is 0.457. The van der Waals surface area contributed by atoms with E-state index in [1.54, 1.807) is 54.6 Å². The van der Waals surface area contributed by atoms with Crippen LogP contribution in [0.25, 0.3) is 0 Å². The first kappa shape index (κ1) is 33.0. The molecule has 0 radical (unpaired) electrons. The number of benzene rings is 2. The Kier molecular flexibility index (Phi) is 11.2. The fourth-order valence-electron chi connectivity index (χ4n) is 4.66. The molecule has 3 rings (SSSR count). The van der Waals surface area contributed by atoms with Gasteiger partial charge < -0.3 is 45.8 Å². The van der Waals surface area contributed by atoms with Gasteiger partial charge in [0.25, 0.3) is 0 Å². The average Bonchev–Trinajstić information content (AvgIpc) is 2.94. The van der Waals surface area contributed by atoms with E-state index in [4.69, 9.17) is 35.2 Å². The summed E-state index contributed by atoms with van der Waals surface area (Å²) in [6.45, 7) is 3.98. The van der Waals surface area contributed by atoms with Gasteiger partial charge in [0, 0.05) is 27.7 Å². The van der Waals surface area contributed by atoms with Crippen LogP contribution in [0.2, 0.25) is 0 Å². The van der Waals surface area contributed by atoms with Gasteiger partial charge in [0.2, 0.25) is 0 Å². The van der Waals surface area contributed by atoms with Crippen molar-refractivity contribution in [1.29, 1.82) is 0 Å². The molecular weight excluding hydrogens is 564 g/mol. The minimum atomic E-state index is -1.66. The van der Waals surface area contributed by atoms with Crippen LogP contribution in [0.4, 0.5) is 4.79 Å². The van der Waals surface area contributed by atoms with Gasteiger partial charge in [-0.3, -0.25) is 19.2 Å². The van der Waals surface area contributed by atoms with Crippen molar-refractivity contribution in [1.82, 2.24) is 10.6 Å².